The van der Waals surface area contributed by atoms with E-state index in [0.29, 0.717) is 22.2 Å². The maximum absolute atomic E-state index is 12.9. The quantitative estimate of drug-likeness (QED) is 0.458. The third-order valence-corrected chi connectivity index (χ3v) is 5.25. The predicted molar refractivity (Wildman–Crippen MR) is 115 cm³/mol. The molecule has 0 fully saturated rings. The van der Waals surface area contributed by atoms with E-state index in [2.05, 4.69) is 15.1 Å². The van der Waals surface area contributed by atoms with Crippen LogP contribution in [-0.4, -0.2) is 30.5 Å². The second-order valence-corrected chi connectivity index (χ2v) is 7.70. The Bertz CT molecular complexity index is 1310. The first kappa shape index (κ1) is 22.4. The summed E-state index contributed by atoms with van der Waals surface area (Å²) in [6, 6.07) is 8.85. The Kier molecular flexibility index (Phi) is 5.86. The highest BCUT2D eigenvalue weighted by Gasteiger charge is 2.30. The molecule has 1 unspecified atom stereocenters. The number of Topliss-reactive ketones (excluding diaryl/α,β-unsaturated/α-hetero) is 1. The van der Waals surface area contributed by atoms with Crippen LogP contribution in [-0.2, 0) is 23.8 Å². The number of aliphatic hydroxyl groups is 1. The number of fused-ring (bicyclic) bond motifs is 1. The van der Waals surface area contributed by atoms with Crippen molar-refractivity contribution >= 4 is 17.1 Å². The van der Waals surface area contributed by atoms with Crippen molar-refractivity contribution in [1.29, 1.82) is 0 Å². The van der Waals surface area contributed by atoms with Crippen molar-refractivity contribution in [2.45, 2.75) is 32.0 Å². The molecule has 0 spiro atoms. The minimum Gasteiger partial charge on any atom is -0.389 e. The van der Waals surface area contributed by atoms with Gasteiger partial charge in [-0.1, -0.05) is 24.3 Å². The first-order chi connectivity index (χ1) is 15.6. The van der Waals surface area contributed by atoms with Gasteiger partial charge in [-0.25, -0.2) is 9.50 Å². The summed E-state index contributed by atoms with van der Waals surface area (Å²) in [7, 11) is 0. The molecule has 7 nitrogen and oxygen atoms in total. The van der Waals surface area contributed by atoms with Crippen molar-refractivity contribution in [1.82, 2.24) is 19.6 Å². The van der Waals surface area contributed by atoms with Gasteiger partial charge in [-0.05, 0) is 30.2 Å². The van der Waals surface area contributed by atoms with Crippen LogP contribution in [0.2, 0.25) is 0 Å². The van der Waals surface area contributed by atoms with Crippen LogP contribution in [0.15, 0.2) is 55.1 Å². The zero-order valence-corrected chi connectivity index (χ0v) is 17.5. The van der Waals surface area contributed by atoms with Gasteiger partial charge in [0.1, 0.15) is 17.6 Å². The molecule has 1 aromatic carbocycles. The maximum Gasteiger partial charge on any atom is 0.416 e. The van der Waals surface area contributed by atoms with Gasteiger partial charge in [0.15, 0.2) is 5.82 Å². The summed E-state index contributed by atoms with van der Waals surface area (Å²) in [5.74, 6) is 0.00551. The minimum atomic E-state index is -4.49. The molecule has 170 valence electrons. The van der Waals surface area contributed by atoms with Crippen molar-refractivity contribution in [2.75, 3.05) is 5.73 Å². The normalized spacial score (nSPS) is 12.8. The smallest absolute Gasteiger partial charge is 0.389 e. The molecule has 10 heteroatoms. The van der Waals surface area contributed by atoms with Crippen molar-refractivity contribution < 1.29 is 23.1 Å². The topological polar surface area (TPSA) is 106 Å². The van der Waals surface area contributed by atoms with Crippen LogP contribution in [0.3, 0.4) is 0 Å². The Morgan fingerprint density at radius 1 is 1.15 bits per heavy atom. The number of benzene rings is 1. The van der Waals surface area contributed by atoms with E-state index in [0.717, 1.165) is 23.9 Å². The summed E-state index contributed by atoms with van der Waals surface area (Å²) >= 11 is 0. The molecule has 0 radical (unpaired) electrons. The summed E-state index contributed by atoms with van der Waals surface area (Å²) in [6.45, 7) is 1.64. The fraction of sp³-hybridized carbons (Fsp3) is 0.217. The van der Waals surface area contributed by atoms with Crippen molar-refractivity contribution in [3.05, 3.63) is 77.5 Å². The second-order valence-electron chi connectivity index (χ2n) is 7.70. The second kappa shape index (κ2) is 8.62. The maximum atomic E-state index is 12.9. The Balaban J connectivity index is 1.55. The van der Waals surface area contributed by atoms with Crippen molar-refractivity contribution in [2.24, 2.45) is 0 Å². The van der Waals surface area contributed by atoms with E-state index >= 15 is 0 Å². The molecule has 4 rings (SSSR count). The number of hydrogen-bond donors (Lipinski definition) is 2. The van der Waals surface area contributed by atoms with E-state index in [1.807, 2.05) is 0 Å². The molecule has 3 heterocycles. The van der Waals surface area contributed by atoms with Crippen LogP contribution in [0.25, 0.3) is 16.6 Å². The minimum absolute atomic E-state index is 0.0449. The molecule has 0 aliphatic heterocycles. The van der Waals surface area contributed by atoms with E-state index in [1.54, 1.807) is 41.9 Å². The number of nitrogens with zero attached hydrogens (tertiary/aromatic N) is 4. The van der Waals surface area contributed by atoms with Crippen LogP contribution in [0, 0.1) is 0 Å². The van der Waals surface area contributed by atoms with Crippen LogP contribution in [0.5, 0.6) is 0 Å². The highest BCUT2D eigenvalue weighted by Crippen LogP contribution is 2.35. The van der Waals surface area contributed by atoms with Gasteiger partial charge >= 0.3 is 6.18 Å². The molecule has 0 aliphatic carbocycles. The third-order valence-electron chi connectivity index (χ3n) is 5.25. The molecule has 33 heavy (non-hydrogen) atoms. The first-order valence-corrected chi connectivity index (χ1v) is 10.1. The van der Waals surface area contributed by atoms with Gasteiger partial charge in [0, 0.05) is 42.1 Å². The Labute approximate surface area is 186 Å². The summed E-state index contributed by atoms with van der Waals surface area (Å²) in [4.78, 5) is 20.3. The number of anilines is 1. The predicted octanol–water partition coefficient (Wildman–Crippen LogP) is 3.80. The van der Waals surface area contributed by atoms with Crippen molar-refractivity contribution in [3.8, 4) is 11.1 Å². The summed E-state index contributed by atoms with van der Waals surface area (Å²) < 4.78 is 40.1. The lowest BCUT2D eigenvalue weighted by atomic mass is 9.97. The average molecular weight is 455 g/mol. The van der Waals surface area contributed by atoms with Crippen LogP contribution in [0.1, 0.15) is 35.4 Å². The van der Waals surface area contributed by atoms with E-state index in [9.17, 15) is 23.1 Å². The molecule has 0 saturated heterocycles. The Hall–Kier alpha value is -3.79. The van der Waals surface area contributed by atoms with Gasteiger partial charge in [0.25, 0.3) is 0 Å². The number of nitrogens with two attached hydrogens (primary N) is 1. The van der Waals surface area contributed by atoms with Crippen LogP contribution >= 0.6 is 0 Å². The molecule has 0 bridgehead atoms. The van der Waals surface area contributed by atoms with Gasteiger partial charge in [-0.15, -0.1) is 0 Å². The van der Waals surface area contributed by atoms with Crippen LogP contribution in [0.4, 0.5) is 19.0 Å². The molecule has 0 aliphatic rings. The highest BCUT2D eigenvalue weighted by atomic mass is 19.4. The molecule has 0 amide bonds. The Morgan fingerprint density at radius 3 is 2.55 bits per heavy atom. The summed E-state index contributed by atoms with van der Waals surface area (Å²) in [5, 5.41) is 14.4. The number of hydrogen-bond acceptors (Lipinski definition) is 6. The number of nitrogen functional groups attached to an aromatic ring is 1. The van der Waals surface area contributed by atoms with Gasteiger partial charge in [0.05, 0.1) is 11.7 Å². The SMILES string of the molecule is CC(O)c1cn2ncnc(N)c2c1-c1ccc(CC(=O)Cc2cc(C(F)(F)F)ccn2)cc1. The number of carbonyl (C=O) groups excluding carboxylic acids is 1. The zero-order valence-electron chi connectivity index (χ0n) is 17.5. The number of halogens is 3. The molecule has 3 aromatic heterocycles. The molecular weight excluding hydrogens is 435 g/mol. The Morgan fingerprint density at radius 2 is 1.88 bits per heavy atom. The van der Waals surface area contributed by atoms with E-state index in [4.69, 9.17) is 5.73 Å². The molecule has 4 aromatic rings. The molecule has 3 N–H and O–H groups in total. The number of aliphatic hydroxyl groups excluding tert-OH is 1. The summed E-state index contributed by atoms with van der Waals surface area (Å²) in [6.07, 6.45) is -1.35. The fourth-order valence-corrected chi connectivity index (χ4v) is 3.71. The lowest BCUT2D eigenvalue weighted by molar-refractivity contribution is -0.137. The number of alkyl halides is 3. The van der Waals surface area contributed by atoms with Crippen LogP contribution < -0.4 is 5.73 Å². The molecule has 1 atom stereocenters. The molecule has 0 saturated carbocycles. The highest BCUT2D eigenvalue weighted by molar-refractivity contribution is 5.90. The van der Waals surface area contributed by atoms with Gasteiger partial charge < -0.3 is 10.8 Å². The van der Waals surface area contributed by atoms with Gasteiger partial charge in [-0.2, -0.15) is 18.3 Å². The number of carbonyl (C=O) groups is 1. The van der Waals surface area contributed by atoms with Gasteiger partial charge in [-0.3, -0.25) is 9.78 Å². The average Bonchev–Trinajstić information content (AvgIpc) is 3.15. The van der Waals surface area contributed by atoms with E-state index < -0.39 is 17.8 Å². The van der Waals surface area contributed by atoms with Crippen molar-refractivity contribution in [3.63, 3.8) is 0 Å². The number of ketones is 1. The largest absolute Gasteiger partial charge is 0.416 e. The number of aromatic nitrogens is 4. The lowest BCUT2D eigenvalue weighted by Gasteiger charge is -2.09. The van der Waals surface area contributed by atoms with E-state index in [1.165, 1.54) is 6.33 Å². The summed E-state index contributed by atoms with van der Waals surface area (Å²) in [5.41, 5.74) is 8.61. The molecular formula is C23H20F3N5O2. The first-order valence-electron chi connectivity index (χ1n) is 10.1. The standard InChI is InChI=1S/C23H20F3N5O2/c1-13(32)19-11-31-21(22(27)29-12-30-31)20(19)15-4-2-14(3-5-15)8-18(33)10-17-9-16(6-7-28-17)23(24,25)26/h2-7,9,11-13,32H,8,10H2,1H3,(H2,27,29,30). The lowest BCUT2D eigenvalue weighted by Crippen LogP contribution is -2.10. The third kappa shape index (κ3) is 4.70. The fourth-order valence-electron chi connectivity index (χ4n) is 3.71. The monoisotopic (exact) mass is 455 g/mol. The number of rotatable bonds is 6. The van der Waals surface area contributed by atoms with Gasteiger partial charge in [0.2, 0.25) is 0 Å². The zero-order chi connectivity index (χ0) is 23.8. The number of pyridine rings is 1. The van der Waals surface area contributed by atoms with E-state index in [-0.39, 0.29) is 30.1 Å².